The van der Waals surface area contributed by atoms with E-state index in [-0.39, 0.29) is 11.9 Å². The molecule has 0 saturated carbocycles. The molecule has 7 heteroatoms. The molecule has 0 aliphatic heterocycles. The summed E-state index contributed by atoms with van der Waals surface area (Å²) in [6.45, 7) is 6.27. The number of aromatic nitrogens is 4. The van der Waals surface area contributed by atoms with Crippen LogP contribution in [0.3, 0.4) is 0 Å². The summed E-state index contributed by atoms with van der Waals surface area (Å²) in [6.07, 6.45) is 3.56. The van der Waals surface area contributed by atoms with Gasteiger partial charge in [-0.2, -0.15) is 0 Å². The summed E-state index contributed by atoms with van der Waals surface area (Å²) in [5, 5.41) is 4.57. The van der Waals surface area contributed by atoms with Crippen molar-refractivity contribution in [1.82, 2.24) is 24.8 Å². The first kappa shape index (κ1) is 17.1. The van der Waals surface area contributed by atoms with Gasteiger partial charge in [-0.05, 0) is 38.5 Å². The van der Waals surface area contributed by atoms with Crippen molar-refractivity contribution in [2.75, 3.05) is 12.8 Å². The predicted molar refractivity (Wildman–Crippen MR) is 108 cm³/mol. The average molecular weight is 362 g/mol. The SMILES string of the molecule is CNC(=O)c1ccc2c(C)c(-c3cn(C(C)C)c4ncnc(N)c34)[nH]c2c1. The minimum absolute atomic E-state index is 0.111. The molecule has 27 heavy (non-hydrogen) atoms. The van der Waals surface area contributed by atoms with Crippen LogP contribution >= 0.6 is 0 Å². The monoisotopic (exact) mass is 362 g/mol. The molecule has 0 radical (unpaired) electrons. The van der Waals surface area contributed by atoms with Crippen LogP contribution in [0.25, 0.3) is 33.2 Å². The molecular weight excluding hydrogens is 340 g/mol. The quantitative estimate of drug-likeness (QED) is 0.520. The normalized spacial score (nSPS) is 11.6. The van der Waals surface area contributed by atoms with Crippen molar-refractivity contribution in [3.05, 3.63) is 41.9 Å². The fourth-order valence-corrected chi connectivity index (χ4v) is 3.58. The number of nitrogens with zero attached hydrogens (tertiary/aromatic N) is 3. The van der Waals surface area contributed by atoms with Crippen LogP contribution in [0, 0.1) is 6.92 Å². The smallest absolute Gasteiger partial charge is 0.251 e. The van der Waals surface area contributed by atoms with E-state index < -0.39 is 0 Å². The second-order valence-electron chi connectivity index (χ2n) is 6.97. The van der Waals surface area contributed by atoms with Crippen LogP contribution in [0.1, 0.15) is 35.8 Å². The third-order valence-corrected chi connectivity index (χ3v) is 5.01. The number of carbonyl (C=O) groups excluding carboxylic acids is 1. The fourth-order valence-electron chi connectivity index (χ4n) is 3.58. The van der Waals surface area contributed by atoms with Crippen molar-refractivity contribution in [1.29, 1.82) is 0 Å². The molecule has 0 unspecified atom stereocenters. The molecule has 4 aromatic rings. The largest absolute Gasteiger partial charge is 0.383 e. The van der Waals surface area contributed by atoms with E-state index in [4.69, 9.17) is 5.73 Å². The molecule has 0 spiro atoms. The predicted octanol–water partition coefficient (Wildman–Crippen LogP) is 3.41. The fraction of sp³-hybridized carbons (Fsp3) is 0.250. The van der Waals surface area contributed by atoms with Gasteiger partial charge in [0.1, 0.15) is 17.8 Å². The number of hydrogen-bond donors (Lipinski definition) is 3. The zero-order valence-corrected chi connectivity index (χ0v) is 15.8. The highest BCUT2D eigenvalue weighted by Gasteiger charge is 2.20. The lowest BCUT2D eigenvalue weighted by atomic mass is 10.1. The maximum absolute atomic E-state index is 12.0. The minimum atomic E-state index is -0.111. The number of nitrogens with one attached hydrogen (secondary N) is 2. The second kappa shape index (κ2) is 6.12. The summed E-state index contributed by atoms with van der Waals surface area (Å²) in [4.78, 5) is 24.1. The van der Waals surface area contributed by atoms with Crippen LogP contribution in [0.15, 0.2) is 30.7 Å². The van der Waals surface area contributed by atoms with Crippen molar-refractivity contribution in [3.8, 4) is 11.3 Å². The third kappa shape index (κ3) is 2.54. The molecule has 138 valence electrons. The first-order valence-electron chi connectivity index (χ1n) is 8.88. The lowest BCUT2D eigenvalue weighted by Gasteiger charge is -2.07. The minimum Gasteiger partial charge on any atom is -0.383 e. The molecule has 0 aliphatic rings. The van der Waals surface area contributed by atoms with Gasteiger partial charge in [-0.25, -0.2) is 9.97 Å². The lowest BCUT2D eigenvalue weighted by molar-refractivity contribution is 0.0963. The number of anilines is 1. The molecule has 0 fully saturated rings. The molecule has 1 amide bonds. The number of amides is 1. The highest BCUT2D eigenvalue weighted by molar-refractivity contribution is 6.05. The molecule has 0 atom stereocenters. The van der Waals surface area contributed by atoms with Gasteiger partial charge in [-0.1, -0.05) is 6.07 Å². The number of hydrogen-bond acceptors (Lipinski definition) is 4. The van der Waals surface area contributed by atoms with Crippen LogP contribution in [0.5, 0.6) is 0 Å². The Hall–Kier alpha value is -3.35. The Bertz CT molecular complexity index is 1180. The van der Waals surface area contributed by atoms with Crippen LogP contribution in [0.2, 0.25) is 0 Å². The molecule has 0 bridgehead atoms. The van der Waals surface area contributed by atoms with Gasteiger partial charge in [-0.15, -0.1) is 0 Å². The maximum atomic E-state index is 12.0. The Labute approximate surface area is 156 Å². The first-order chi connectivity index (χ1) is 12.9. The molecule has 4 rings (SSSR count). The lowest BCUT2D eigenvalue weighted by Crippen LogP contribution is -2.17. The summed E-state index contributed by atoms with van der Waals surface area (Å²) in [7, 11) is 1.63. The number of aromatic amines is 1. The van der Waals surface area contributed by atoms with Crippen LogP contribution in [0.4, 0.5) is 5.82 Å². The van der Waals surface area contributed by atoms with Gasteiger partial charge >= 0.3 is 0 Å². The van der Waals surface area contributed by atoms with Crippen LogP contribution in [-0.4, -0.2) is 32.5 Å². The topological polar surface area (TPSA) is 102 Å². The van der Waals surface area contributed by atoms with Crippen molar-refractivity contribution in [2.45, 2.75) is 26.8 Å². The Morgan fingerprint density at radius 3 is 2.78 bits per heavy atom. The van der Waals surface area contributed by atoms with Crippen molar-refractivity contribution in [3.63, 3.8) is 0 Å². The number of rotatable bonds is 3. The second-order valence-corrected chi connectivity index (χ2v) is 6.97. The molecule has 1 aromatic carbocycles. The molecular formula is C20H22N6O. The summed E-state index contributed by atoms with van der Waals surface area (Å²) in [5.74, 6) is 0.346. The van der Waals surface area contributed by atoms with E-state index in [9.17, 15) is 4.79 Å². The van der Waals surface area contributed by atoms with Crippen LogP contribution in [-0.2, 0) is 0 Å². The zero-order valence-electron chi connectivity index (χ0n) is 15.8. The number of H-pyrrole nitrogens is 1. The summed E-state index contributed by atoms with van der Waals surface area (Å²) < 4.78 is 2.10. The van der Waals surface area contributed by atoms with Gasteiger partial charge in [0.2, 0.25) is 0 Å². The molecule has 0 aliphatic carbocycles. The van der Waals surface area contributed by atoms with Gasteiger partial charge in [0, 0.05) is 41.3 Å². The van der Waals surface area contributed by atoms with Gasteiger partial charge < -0.3 is 20.6 Å². The van der Waals surface area contributed by atoms with E-state index in [1.807, 2.05) is 18.2 Å². The highest BCUT2D eigenvalue weighted by atomic mass is 16.1. The zero-order chi connectivity index (χ0) is 19.3. The Balaban J connectivity index is 2.00. The number of aryl methyl sites for hydroxylation is 1. The number of nitrogen functional groups attached to an aromatic ring is 1. The summed E-state index contributed by atoms with van der Waals surface area (Å²) >= 11 is 0. The van der Waals surface area contributed by atoms with Crippen molar-refractivity contribution < 1.29 is 4.79 Å². The Morgan fingerprint density at radius 2 is 2.07 bits per heavy atom. The van der Waals surface area contributed by atoms with Crippen molar-refractivity contribution >= 4 is 33.7 Å². The van der Waals surface area contributed by atoms with Gasteiger partial charge in [0.05, 0.1) is 11.1 Å². The molecule has 3 aromatic heterocycles. The van der Waals surface area contributed by atoms with E-state index in [0.29, 0.717) is 11.4 Å². The molecule has 4 N–H and O–H groups in total. The van der Waals surface area contributed by atoms with Gasteiger partial charge in [0.25, 0.3) is 5.91 Å². The highest BCUT2D eigenvalue weighted by Crippen LogP contribution is 2.37. The molecule has 3 heterocycles. The van der Waals surface area contributed by atoms with Crippen molar-refractivity contribution in [2.24, 2.45) is 0 Å². The number of fused-ring (bicyclic) bond motifs is 2. The van der Waals surface area contributed by atoms with Gasteiger partial charge in [-0.3, -0.25) is 4.79 Å². The van der Waals surface area contributed by atoms with E-state index in [2.05, 4.69) is 51.8 Å². The number of benzene rings is 1. The Morgan fingerprint density at radius 1 is 1.30 bits per heavy atom. The average Bonchev–Trinajstić information content (AvgIpc) is 3.20. The van der Waals surface area contributed by atoms with E-state index in [1.165, 1.54) is 6.33 Å². The maximum Gasteiger partial charge on any atom is 0.251 e. The summed E-state index contributed by atoms with van der Waals surface area (Å²) in [6, 6.07) is 5.91. The number of carbonyl (C=O) groups is 1. The van der Waals surface area contributed by atoms with Crippen LogP contribution < -0.4 is 11.1 Å². The summed E-state index contributed by atoms with van der Waals surface area (Å²) in [5.41, 5.74) is 11.6. The standard InChI is InChI=1S/C20H22N6O/c1-10(2)26-8-14(16-18(21)23-9-24-19(16)26)17-11(3)13-6-5-12(20(27)22-4)7-15(13)25-17/h5-10,25H,1-4H3,(H,22,27)(H2,21,23,24). The third-order valence-electron chi connectivity index (χ3n) is 5.01. The van der Waals surface area contributed by atoms with E-state index in [0.717, 1.165) is 38.8 Å². The van der Waals surface area contributed by atoms with Gasteiger partial charge in [0.15, 0.2) is 0 Å². The Kier molecular flexibility index (Phi) is 3.87. The molecule has 7 nitrogen and oxygen atoms in total. The van der Waals surface area contributed by atoms with E-state index >= 15 is 0 Å². The molecule has 0 saturated heterocycles. The van der Waals surface area contributed by atoms with E-state index in [1.54, 1.807) is 7.05 Å². The first-order valence-corrected chi connectivity index (χ1v) is 8.88. The number of nitrogens with two attached hydrogens (primary N) is 1.